The van der Waals surface area contributed by atoms with Crippen molar-refractivity contribution in [1.82, 2.24) is 0 Å². The van der Waals surface area contributed by atoms with Crippen molar-refractivity contribution in [2.24, 2.45) is 5.92 Å². The van der Waals surface area contributed by atoms with Crippen LogP contribution in [0.5, 0.6) is 0 Å². The van der Waals surface area contributed by atoms with E-state index in [0.29, 0.717) is 12.8 Å². The molecule has 4 nitrogen and oxygen atoms in total. The molecule has 49 heavy (non-hydrogen) atoms. The fourth-order valence-corrected chi connectivity index (χ4v) is 5.56. The second kappa shape index (κ2) is 33.2. The lowest BCUT2D eigenvalue weighted by molar-refractivity contribution is -0.154. The maximum atomic E-state index is 13.2. The summed E-state index contributed by atoms with van der Waals surface area (Å²) >= 11 is 0. The fourth-order valence-electron chi connectivity index (χ4n) is 5.56. The van der Waals surface area contributed by atoms with Crippen LogP contribution in [0.25, 0.3) is 6.08 Å². The maximum Gasteiger partial charge on any atom is 0.317 e. The van der Waals surface area contributed by atoms with E-state index in [1.807, 2.05) is 36.4 Å². The van der Waals surface area contributed by atoms with E-state index in [1.165, 1.54) is 51.4 Å². The molecule has 0 amide bonds. The third-order valence-electron chi connectivity index (χ3n) is 8.61. The standard InChI is InChI=1S/C45H68O4/c1-3-5-7-9-11-13-15-17-19-21-23-25-27-32-38-42(45(48)49-40-34-37-41-35-30-29-31-36-41)44(47)43(46)39-33-28-26-24-22-20-18-16-14-12-10-8-6-4-2/h11-14,17-20,29-31,34-37,42H,3-10,15-16,21-28,32-33,38-40H2,1-2H3/b13-11-,14-12-,19-17-,20-18-,37-34+. The molecular weight excluding hydrogens is 604 g/mol. The molecule has 272 valence electrons. The largest absolute Gasteiger partial charge is 0.461 e. The smallest absolute Gasteiger partial charge is 0.317 e. The van der Waals surface area contributed by atoms with Gasteiger partial charge in [-0.2, -0.15) is 0 Å². The molecule has 0 aliphatic rings. The Bertz CT molecular complexity index is 1110. The van der Waals surface area contributed by atoms with Crippen molar-refractivity contribution < 1.29 is 19.1 Å². The maximum absolute atomic E-state index is 13.2. The second-order valence-corrected chi connectivity index (χ2v) is 13.1. The average molecular weight is 673 g/mol. The van der Waals surface area contributed by atoms with Crippen molar-refractivity contribution in [3.8, 4) is 0 Å². The lowest BCUT2D eigenvalue weighted by atomic mass is 9.92. The van der Waals surface area contributed by atoms with Crippen LogP contribution in [0.1, 0.15) is 161 Å². The zero-order valence-corrected chi connectivity index (χ0v) is 31.1. The molecule has 1 aromatic carbocycles. The number of rotatable bonds is 32. The van der Waals surface area contributed by atoms with Crippen LogP contribution < -0.4 is 0 Å². The number of unbranched alkanes of at least 4 members (excludes halogenated alkanes) is 14. The minimum absolute atomic E-state index is 0.0790. The lowest BCUT2D eigenvalue weighted by Gasteiger charge is -2.14. The first-order chi connectivity index (χ1) is 24.1. The van der Waals surface area contributed by atoms with Gasteiger partial charge in [-0.1, -0.05) is 157 Å². The van der Waals surface area contributed by atoms with Crippen LogP contribution in [0.2, 0.25) is 0 Å². The molecular formula is C45H68O4. The molecule has 0 aliphatic carbocycles. The summed E-state index contributed by atoms with van der Waals surface area (Å²) in [6, 6.07) is 9.78. The number of carbonyl (C=O) groups is 3. The van der Waals surface area contributed by atoms with Crippen LogP contribution in [-0.4, -0.2) is 24.1 Å². The summed E-state index contributed by atoms with van der Waals surface area (Å²) in [4.78, 5) is 39.1. The molecule has 0 bridgehead atoms. The third-order valence-corrected chi connectivity index (χ3v) is 8.61. The summed E-state index contributed by atoms with van der Waals surface area (Å²) in [6.45, 7) is 4.54. The van der Waals surface area contributed by atoms with Crippen LogP contribution in [0.15, 0.2) is 85.0 Å². The van der Waals surface area contributed by atoms with Gasteiger partial charge in [0, 0.05) is 6.42 Å². The quantitative estimate of drug-likeness (QED) is 0.0251. The summed E-state index contributed by atoms with van der Waals surface area (Å²) in [6.07, 6.45) is 43.7. The van der Waals surface area contributed by atoms with Crippen molar-refractivity contribution in [3.63, 3.8) is 0 Å². The molecule has 0 N–H and O–H groups in total. The van der Waals surface area contributed by atoms with Gasteiger partial charge in [0.15, 0.2) is 5.78 Å². The molecule has 0 aliphatic heterocycles. The minimum Gasteiger partial charge on any atom is -0.461 e. The predicted octanol–water partition coefficient (Wildman–Crippen LogP) is 12.8. The van der Waals surface area contributed by atoms with Crippen LogP contribution >= 0.6 is 0 Å². The molecule has 0 fully saturated rings. The Labute approximate surface area is 300 Å². The summed E-state index contributed by atoms with van der Waals surface area (Å²) in [5.74, 6) is -2.60. The Balaban J connectivity index is 2.41. The van der Waals surface area contributed by atoms with Gasteiger partial charge in [0.25, 0.3) is 0 Å². The number of allylic oxidation sites excluding steroid dienone is 8. The summed E-state index contributed by atoms with van der Waals surface area (Å²) in [5.41, 5.74) is 1.01. The molecule has 4 heteroatoms. The molecule has 0 saturated heterocycles. The van der Waals surface area contributed by atoms with Crippen LogP contribution in [0.4, 0.5) is 0 Å². The van der Waals surface area contributed by atoms with Gasteiger partial charge >= 0.3 is 5.97 Å². The highest BCUT2D eigenvalue weighted by Gasteiger charge is 2.31. The van der Waals surface area contributed by atoms with Crippen LogP contribution in [0, 0.1) is 5.92 Å². The van der Waals surface area contributed by atoms with E-state index in [9.17, 15) is 14.4 Å². The Morgan fingerprint density at radius 2 is 1.06 bits per heavy atom. The Morgan fingerprint density at radius 3 is 1.59 bits per heavy atom. The van der Waals surface area contributed by atoms with Crippen LogP contribution in [-0.2, 0) is 19.1 Å². The van der Waals surface area contributed by atoms with Crippen molar-refractivity contribution in [1.29, 1.82) is 0 Å². The summed E-state index contributed by atoms with van der Waals surface area (Å²) in [7, 11) is 0. The highest BCUT2D eigenvalue weighted by molar-refractivity contribution is 6.41. The zero-order chi connectivity index (χ0) is 35.5. The number of ether oxygens (including phenoxy) is 1. The fraction of sp³-hybridized carbons (Fsp3) is 0.578. The van der Waals surface area contributed by atoms with Gasteiger partial charge in [0.05, 0.1) is 0 Å². The van der Waals surface area contributed by atoms with E-state index >= 15 is 0 Å². The van der Waals surface area contributed by atoms with Gasteiger partial charge in [0.1, 0.15) is 12.5 Å². The molecule has 1 aromatic rings. The summed E-state index contributed by atoms with van der Waals surface area (Å²) in [5, 5.41) is 0. The van der Waals surface area contributed by atoms with E-state index in [4.69, 9.17) is 4.74 Å². The Hall–Kier alpha value is -3.27. The predicted molar refractivity (Wildman–Crippen MR) is 209 cm³/mol. The van der Waals surface area contributed by atoms with Gasteiger partial charge in [-0.25, -0.2) is 0 Å². The van der Waals surface area contributed by atoms with Crippen molar-refractivity contribution in [3.05, 3.63) is 90.6 Å². The summed E-state index contributed by atoms with van der Waals surface area (Å²) < 4.78 is 5.47. The minimum atomic E-state index is -1.01. The van der Waals surface area contributed by atoms with Crippen molar-refractivity contribution >= 4 is 23.6 Å². The van der Waals surface area contributed by atoms with Crippen molar-refractivity contribution in [2.45, 2.75) is 155 Å². The molecule has 1 atom stereocenters. The van der Waals surface area contributed by atoms with Crippen molar-refractivity contribution in [2.75, 3.05) is 6.61 Å². The van der Waals surface area contributed by atoms with Gasteiger partial charge in [-0.05, 0) is 88.7 Å². The van der Waals surface area contributed by atoms with Gasteiger partial charge in [0.2, 0.25) is 5.78 Å². The molecule has 0 spiro atoms. The number of hydrogen-bond acceptors (Lipinski definition) is 4. The number of hydrogen-bond donors (Lipinski definition) is 0. The number of Topliss-reactive ketones (excluding diaryl/α,β-unsaturated/α-hetero) is 2. The van der Waals surface area contributed by atoms with E-state index in [0.717, 1.165) is 76.2 Å². The number of esters is 1. The number of carbonyl (C=O) groups excluding carboxylic acids is 3. The first-order valence-electron chi connectivity index (χ1n) is 19.6. The molecule has 1 unspecified atom stereocenters. The third kappa shape index (κ3) is 26.3. The van der Waals surface area contributed by atoms with E-state index in [-0.39, 0.29) is 13.0 Å². The SMILES string of the molecule is CCCCC/C=C\C/C=C\CCCCCCC(=O)C(=O)C(CCCCCC/C=C\C/C=C\CCCCC)C(=O)OC/C=C/c1ccccc1. The average Bonchev–Trinajstić information content (AvgIpc) is 3.12. The van der Waals surface area contributed by atoms with Gasteiger partial charge in [-0.15, -0.1) is 0 Å². The molecule has 0 aromatic heterocycles. The van der Waals surface area contributed by atoms with E-state index < -0.39 is 23.5 Å². The topological polar surface area (TPSA) is 60.4 Å². The molecule has 0 heterocycles. The highest BCUT2D eigenvalue weighted by Crippen LogP contribution is 2.18. The Kier molecular flexibility index (Phi) is 29.7. The Morgan fingerprint density at radius 1 is 0.571 bits per heavy atom. The zero-order valence-electron chi connectivity index (χ0n) is 31.1. The van der Waals surface area contributed by atoms with E-state index in [1.54, 1.807) is 6.08 Å². The lowest BCUT2D eigenvalue weighted by Crippen LogP contribution is -2.31. The highest BCUT2D eigenvalue weighted by atomic mass is 16.5. The first-order valence-corrected chi connectivity index (χ1v) is 19.6. The molecule has 0 radical (unpaired) electrons. The van der Waals surface area contributed by atoms with Gasteiger partial charge < -0.3 is 4.74 Å². The molecule has 0 saturated carbocycles. The van der Waals surface area contributed by atoms with Crippen LogP contribution in [0.3, 0.4) is 0 Å². The van der Waals surface area contributed by atoms with E-state index in [2.05, 4.69) is 62.5 Å². The first kappa shape index (κ1) is 43.8. The number of benzene rings is 1. The monoisotopic (exact) mass is 673 g/mol. The second-order valence-electron chi connectivity index (χ2n) is 13.1. The number of ketones is 2. The molecule has 1 rings (SSSR count). The normalized spacial score (nSPS) is 12.7. The van der Waals surface area contributed by atoms with Gasteiger partial charge in [-0.3, -0.25) is 14.4 Å².